The van der Waals surface area contributed by atoms with Crippen LogP contribution in [0.25, 0.3) is 0 Å². The van der Waals surface area contributed by atoms with Crippen LogP contribution >= 0.6 is 0 Å². The minimum atomic E-state index is -1.42. The van der Waals surface area contributed by atoms with Crippen LogP contribution in [0.3, 0.4) is 0 Å². The van der Waals surface area contributed by atoms with Crippen LogP contribution < -0.4 is 0 Å². The molecular weight excluding hydrogens is 304 g/mol. The molecule has 0 aliphatic heterocycles. The Balaban J connectivity index is 4.28. The van der Waals surface area contributed by atoms with Crippen molar-refractivity contribution in [2.45, 2.75) is 25.0 Å². The predicted molar refractivity (Wildman–Crippen MR) is 68.5 cm³/mol. The quantitative estimate of drug-likeness (QED) is 0.251. The Morgan fingerprint density at radius 3 is 1.45 bits per heavy atom. The zero-order chi connectivity index (χ0) is 17.1. The topological polar surface area (TPSA) is 171 Å². The van der Waals surface area contributed by atoms with Gasteiger partial charge in [0.15, 0.2) is 0 Å². The normalized spacial score (nSPS) is 14.7. The van der Waals surface area contributed by atoms with E-state index in [1.165, 1.54) is 0 Å². The van der Waals surface area contributed by atoms with Gasteiger partial charge in [-0.3, -0.25) is 14.4 Å². The van der Waals surface area contributed by atoms with Gasteiger partial charge < -0.3 is 35.0 Å². The molecule has 0 saturated heterocycles. The highest BCUT2D eigenvalue weighted by molar-refractivity contribution is 5.83. The molecule has 0 amide bonds. The van der Waals surface area contributed by atoms with Crippen LogP contribution in [0.2, 0.25) is 0 Å². The summed E-state index contributed by atoms with van der Waals surface area (Å²) in [4.78, 5) is 33.7. The monoisotopic (exact) mass is 324 g/mol. The first-order valence-electron chi connectivity index (χ1n) is 6.42. The lowest BCUT2D eigenvalue weighted by Gasteiger charge is -2.13. The molecule has 0 aliphatic carbocycles. The number of hydrogen-bond acceptors (Lipinski definition) is 9. The minimum absolute atomic E-state index is 0.491. The Morgan fingerprint density at radius 2 is 1.18 bits per heavy atom. The number of aliphatic hydroxyl groups excluding tert-OH is 4. The second-order valence-electron chi connectivity index (χ2n) is 4.48. The maximum atomic E-state index is 11.4. The van der Waals surface area contributed by atoms with E-state index < -0.39 is 75.3 Å². The molecule has 0 fully saturated rings. The summed E-state index contributed by atoms with van der Waals surface area (Å²) in [5.41, 5.74) is 0. The number of carbonyl (C=O) groups is 3. The fraction of sp³-hybridized carbons (Fsp3) is 0.750. The second-order valence-corrected chi connectivity index (χ2v) is 4.48. The Labute approximate surface area is 125 Å². The van der Waals surface area contributed by atoms with Crippen molar-refractivity contribution in [1.29, 1.82) is 0 Å². The summed E-state index contributed by atoms with van der Waals surface area (Å²) >= 11 is 0. The van der Waals surface area contributed by atoms with Gasteiger partial charge in [0.2, 0.25) is 0 Å². The molecule has 2 atom stereocenters. The largest absolute Gasteiger partial charge is 0.481 e. The second kappa shape index (κ2) is 10.9. The van der Waals surface area contributed by atoms with Crippen LogP contribution in [-0.2, 0) is 23.9 Å². The maximum absolute atomic E-state index is 11.4. The molecule has 0 bridgehead atoms. The van der Waals surface area contributed by atoms with Gasteiger partial charge in [0.1, 0.15) is 25.4 Å². The molecule has 0 spiro atoms. The van der Waals surface area contributed by atoms with Crippen molar-refractivity contribution in [3.63, 3.8) is 0 Å². The van der Waals surface area contributed by atoms with E-state index in [-0.39, 0.29) is 0 Å². The summed E-state index contributed by atoms with van der Waals surface area (Å²) in [6, 6.07) is 0. The van der Waals surface area contributed by atoms with Crippen molar-refractivity contribution in [3.05, 3.63) is 0 Å². The van der Waals surface area contributed by atoms with E-state index in [1.54, 1.807) is 0 Å². The van der Waals surface area contributed by atoms with E-state index >= 15 is 0 Å². The fourth-order valence-electron chi connectivity index (χ4n) is 1.25. The van der Waals surface area contributed by atoms with Gasteiger partial charge in [-0.15, -0.1) is 0 Å². The van der Waals surface area contributed by atoms with Crippen molar-refractivity contribution in [2.75, 3.05) is 26.4 Å². The Hall–Kier alpha value is -1.75. The molecule has 10 nitrogen and oxygen atoms in total. The number of ether oxygens (including phenoxy) is 2. The van der Waals surface area contributed by atoms with Crippen LogP contribution in [0, 0.1) is 5.92 Å². The number of rotatable bonds is 11. The van der Waals surface area contributed by atoms with Crippen molar-refractivity contribution >= 4 is 17.9 Å². The molecule has 0 aromatic heterocycles. The zero-order valence-electron chi connectivity index (χ0n) is 11.8. The average Bonchev–Trinajstić information content (AvgIpc) is 2.49. The molecule has 10 heteroatoms. The summed E-state index contributed by atoms with van der Waals surface area (Å²) in [6.07, 6.45) is -3.77. The average molecular weight is 324 g/mol. The first-order chi connectivity index (χ1) is 10.3. The molecule has 0 aromatic rings. The van der Waals surface area contributed by atoms with Gasteiger partial charge in [-0.2, -0.15) is 0 Å². The lowest BCUT2D eigenvalue weighted by molar-refractivity contribution is -0.158. The van der Waals surface area contributed by atoms with E-state index in [2.05, 4.69) is 9.47 Å². The molecule has 0 aliphatic rings. The molecular formula is C12H20O10. The Bertz CT molecular complexity index is 341. The SMILES string of the molecule is O=C(CC(CC(=O)OCC(O)CO)C(=O)O)OCC(O)CO. The van der Waals surface area contributed by atoms with Crippen LogP contribution in [0.4, 0.5) is 0 Å². The summed E-state index contributed by atoms with van der Waals surface area (Å²) in [7, 11) is 0. The first-order valence-corrected chi connectivity index (χ1v) is 6.42. The lowest BCUT2D eigenvalue weighted by atomic mass is 10.0. The predicted octanol–water partition coefficient (Wildman–Crippen LogP) is -2.74. The van der Waals surface area contributed by atoms with E-state index in [4.69, 9.17) is 25.5 Å². The van der Waals surface area contributed by atoms with Crippen molar-refractivity contribution < 1.29 is 49.4 Å². The third-order valence-electron chi connectivity index (χ3n) is 2.47. The van der Waals surface area contributed by atoms with Gasteiger partial charge in [0, 0.05) is 0 Å². The summed E-state index contributed by atoms with van der Waals surface area (Å²) < 4.78 is 9.07. The highest BCUT2D eigenvalue weighted by Crippen LogP contribution is 2.12. The standard InChI is InChI=1S/C12H20O10/c13-3-8(15)5-21-10(17)1-7(12(19)20)2-11(18)22-6-9(16)4-14/h7-9,13-16H,1-6H2,(H,19,20). The van der Waals surface area contributed by atoms with Crippen LogP contribution in [-0.4, -0.2) is 82.1 Å². The molecule has 0 rings (SSSR count). The third-order valence-corrected chi connectivity index (χ3v) is 2.47. The summed E-state index contributed by atoms with van der Waals surface area (Å²) in [6.45, 7) is -2.21. The van der Waals surface area contributed by atoms with Crippen LogP contribution in [0.1, 0.15) is 12.8 Å². The van der Waals surface area contributed by atoms with Gasteiger partial charge >= 0.3 is 17.9 Å². The molecule has 0 heterocycles. The van der Waals surface area contributed by atoms with Crippen LogP contribution in [0.15, 0.2) is 0 Å². The molecule has 2 unspecified atom stereocenters. The molecule has 128 valence electrons. The van der Waals surface area contributed by atoms with Crippen molar-refractivity contribution in [3.8, 4) is 0 Å². The van der Waals surface area contributed by atoms with E-state index in [9.17, 15) is 14.4 Å². The fourth-order valence-corrected chi connectivity index (χ4v) is 1.25. The number of hydrogen-bond donors (Lipinski definition) is 5. The molecule has 0 aromatic carbocycles. The van der Waals surface area contributed by atoms with E-state index in [0.29, 0.717) is 0 Å². The van der Waals surface area contributed by atoms with Gasteiger partial charge in [0.25, 0.3) is 0 Å². The number of aliphatic hydroxyl groups is 4. The zero-order valence-corrected chi connectivity index (χ0v) is 11.8. The number of carboxylic acid groups (broad SMARTS) is 1. The highest BCUT2D eigenvalue weighted by atomic mass is 16.5. The van der Waals surface area contributed by atoms with Crippen molar-refractivity contribution in [2.24, 2.45) is 5.92 Å². The first kappa shape index (κ1) is 20.2. The number of esters is 2. The number of aliphatic carboxylic acids is 1. The summed E-state index contributed by atoms with van der Waals surface area (Å²) in [5, 5.41) is 43.9. The van der Waals surface area contributed by atoms with E-state index in [0.717, 1.165) is 0 Å². The highest BCUT2D eigenvalue weighted by Gasteiger charge is 2.26. The third kappa shape index (κ3) is 9.23. The van der Waals surface area contributed by atoms with Gasteiger partial charge in [-0.25, -0.2) is 0 Å². The van der Waals surface area contributed by atoms with E-state index in [1.807, 2.05) is 0 Å². The smallest absolute Gasteiger partial charge is 0.307 e. The molecule has 5 N–H and O–H groups in total. The molecule has 0 radical (unpaired) electrons. The minimum Gasteiger partial charge on any atom is -0.481 e. The van der Waals surface area contributed by atoms with Gasteiger partial charge in [0.05, 0.1) is 32.0 Å². The van der Waals surface area contributed by atoms with Gasteiger partial charge in [-0.1, -0.05) is 0 Å². The number of carbonyl (C=O) groups excluding carboxylic acids is 2. The number of carboxylic acids is 1. The lowest BCUT2D eigenvalue weighted by Crippen LogP contribution is -2.28. The molecule has 0 saturated carbocycles. The van der Waals surface area contributed by atoms with Crippen molar-refractivity contribution in [1.82, 2.24) is 0 Å². The Morgan fingerprint density at radius 1 is 0.818 bits per heavy atom. The maximum Gasteiger partial charge on any atom is 0.307 e. The van der Waals surface area contributed by atoms with Gasteiger partial charge in [-0.05, 0) is 0 Å². The molecule has 22 heavy (non-hydrogen) atoms. The van der Waals surface area contributed by atoms with Crippen LogP contribution in [0.5, 0.6) is 0 Å². The summed E-state index contributed by atoms with van der Waals surface area (Å²) in [5.74, 6) is -4.72. The Kier molecular flexibility index (Phi) is 10.0.